The van der Waals surface area contributed by atoms with Crippen molar-refractivity contribution in [3.63, 3.8) is 0 Å². The van der Waals surface area contributed by atoms with E-state index in [1.165, 1.54) is 134 Å². The van der Waals surface area contributed by atoms with Crippen molar-refractivity contribution in [1.82, 2.24) is 0 Å². The lowest BCUT2D eigenvalue weighted by molar-refractivity contribution is 0.759. The smallest absolute Gasteiger partial charge is 0.0727 e. The van der Waals surface area contributed by atoms with E-state index in [1.807, 2.05) is 12.2 Å². The molecular formula is C95H70N2. The number of fused-ring (bicyclic) bond motifs is 16. The van der Waals surface area contributed by atoms with E-state index in [2.05, 4.69) is 366 Å². The Kier molecular flexibility index (Phi) is 13.2. The van der Waals surface area contributed by atoms with Crippen LogP contribution in [0.15, 0.2) is 329 Å². The monoisotopic (exact) mass is 1240 g/mol. The number of rotatable bonds is 12. The lowest BCUT2D eigenvalue weighted by Gasteiger charge is -2.36. The maximum Gasteiger partial charge on any atom is 0.0727 e. The summed E-state index contributed by atoms with van der Waals surface area (Å²) in [6.45, 7) is 17.3. The fourth-order valence-electron chi connectivity index (χ4n) is 17.8. The van der Waals surface area contributed by atoms with Crippen LogP contribution >= 0.6 is 0 Å². The fraction of sp³-hybridized carbons (Fsp3) is 0.0737. The van der Waals surface area contributed by atoms with Crippen LogP contribution in [0, 0.1) is 27.7 Å². The van der Waals surface area contributed by atoms with Crippen LogP contribution in [0.2, 0.25) is 0 Å². The average Bonchev–Trinajstić information content (AvgIpc) is 1.52. The molecule has 0 bridgehead atoms. The first kappa shape index (κ1) is 57.8. The van der Waals surface area contributed by atoms with Crippen molar-refractivity contribution in [3.05, 3.63) is 429 Å². The zero-order valence-electron chi connectivity index (χ0n) is 55.0. The quantitative estimate of drug-likeness (QED) is 0.120. The second-order valence-electron chi connectivity index (χ2n) is 27.0. The number of aryl methyl sites for hydroxylation is 4. The fourth-order valence-corrected chi connectivity index (χ4v) is 17.8. The minimum absolute atomic E-state index is 0.627. The van der Waals surface area contributed by atoms with Gasteiger partial charge in [0, 0.05) is 34.1 Å². The first-order valence-corrected chi connectivity index (χ1v) is 33.9. The van der Waals surface area contributed by atoms with Gasteiger partial charge >= 0.3 is 0 Å². The lowest BCUT2D eigenvalue weighted by atomic mass is 9.66. The van der Waals surface area contributed by atoms with Crippen LogP contribution in [0.4, 0.5) is 34.1 Å². The summed E-state index contributed by atoms with van der Waals surface area (Å²) in [7, 11) is 0. The van der Waals surface area contributed by atoms with Crippen LogP contribution in [0.25, 0.3) is 56.7 Å². The summed E-state index contributed by atoms with van der Waals surface area (Å²) in [4.78, 5) is 5.00. The molecule has 2 heteroatoms. The van der Waals surface area contributed by atoms with Crippen molar-refractivity contribution in [1.29, 1.82) is 0 Å². The highest BCUT2D eigenvalue weighted by molar-refractivity contribution is 5.99. The average molecular weight is 1240 g/mol. The molecule has 14 aromatic rings. The predicted octanol–water partition coefficient (Wildman–Crippen LogP) is 24.2. The molecule has 2 atom stereocenters. The van der Waals surface area contributed by atoms with E-state index in [-0.39, 0.29) is 0 Å². The summed E-state index contributed by atoms with van der Waals surface area (Å²) in [6.07, 6.45) is 3.88. The SMILES string of the molecule is C=Cc1ccc(C2(c3cc(C)ccc3C)c3ccccc3-c3ccc(N(c4ccccc4)c4ccc5c(c4)C4(c6ccccc6-5)c5ccccc5-c5ccc(N(c6ccccc6)c6ccc7c(c6)C(c6ccc(C=C)cc6)(c6cc(C)ccc6C)c6ccccc6-7)cc54)cc32)cc1. The summed E-state index contributed by atoms with van der Waals surface area (Å²) >= 11 is 0. The molecule has 0 fully saturated rings. The summed E-state index contributed by atoms with van der Waals surface area (Å²) < 4.78 is 0. The molecular weight excluding hydrogens is 1170 g/mol. The van der Waals surface area contributed by atoms with Crippen molar-refractivity contribution in [3.8, 4) is 44.5 Å². The normalized spacial score (nSPS) is 16.9. The minimum atomic E-state index is -0.696. The minimum Gasteiger partial charge on any atom is -0.310 e. The first-order valence-electron chi connectivity index (χ1n) is 33.9. The highest BCUT2D eigenvalue weighted by atomic mass is 15.1. The van der Waals surface area contributed by atoms with Gasteiger partial charge in [-0.2, -0.15) is 0 Å². The Morgan fingerprint density at radius 2 is 0.505 bits per heavy atom. The molecule has 1 spiro atoms. The molecule has 18 rings (SSSR count). The van der Waals surface area contributed by atoms with E-state index in [1.54, 1.807) is 0 Å². The van der Waals surface area contributed by atoms with Crippen molar-refractivity contribution in [2.24, 2.45) is 0 Å². The van der Waals surface area contributed by atoms with Gasteiger partial charge in [0.15, 0.2) is 0 Å². The van der Waals surface area contributed by atoms with Crippen LogP contribution in [0.1, 0.15) is 100 Å². The Balaban J connectivity index is 0.854. The highest BCUT2D eigenvalue weighted by Crippen LogP contribution is 2.66. The van der Waals surface area contributed by atoms with Crippen LogP contribution < -0.4 is 9.80 Å². The van der Waals surface area contributed by atoms with Gasteiger partial charge in [-0.15, -0.1) is 0 Å². The molecule has 0 radical (unpaired) electrons. The zero-order valence-corrected chi connectivity index (χ0v) is 55.0. The van der Waals surface area contributed by atoms with Gasteiger partial charge in [-0.1, -0.05) is 279 Å². The largest absolute Gasteiger partial charge is 0.310 e. The molecule has 0 amide bonds. The summed E-state index contributed by atoms with van der Waals surface area (Å²) in [5.41, 5.74) is 36.9. The summed E-state index contributed by atoms with van der Waals surface area (Å²) in [6, 6.07) is 120. The molecule has 0 heterocycles. The number of para-hydroxylation sites is 2. The lowest BCUT2D eigenvalue weighted by Crippen LogP contribution is -2.30. The third-order valence-corrected chi connectivity index (χ3v) is 21.9. The van der Waals surface area contributed by atoms with Gasteiger partial charge in [0.2, 0.25) is 0 Å². The van der Waals surface area contributed by atoms with Crippen LogP contribution in [-0.2, 0) is 16.2 Å². The van der Waals surface area contributed by atoms with Gasteiger partial charge in [0.05, 0.1) is 16.2 Å². The molecule has 4 aliphatic rings. The molecule has 2 nitrogen and oxygen atoms in total. The van der Waals surface area contributed by atoms with Gasteiger partial charge in [-0.25, -0.2) is 0 Å². The Bertz CT molecular complexity index is 5210. The zero-order chi connectivity index (χ0) is 65.3. The molecule has 14 aromatic carbocycles. The van der Waals surface area contributed by atoms with Crippen LogP contribution in [0.5, 0.6) is 0 Å². The number of nitrogens with zero attached hydrogens (tertiary/aromatic N) is 2. The van der Waals surface area contributed by atoms with Crippen LogP contribution in [-0.4, -0.2) is 0 Å². The molecule has 460 valence electrons. The molecule has 0 aromatic heterocycles. The number of hydrogen-bond acceptors (Lipinski definition) is 2. The summed E-state index contributed by atoms with van der Waals surface area (Å²) in [5.74, 6) is 0. The molecule has 97 heavy (non-hydrogen) atoms. The first-order chi connectivity index (χ1) is 47.6. The van der Waals surface area contributed by atoms with Gasteiger partial charge in [0.1, 0.15) is 0 Å². The van der Waals surface area contributed by atoms with Crippen molar-refractivity contribution in [2.45, 2.75) is 43.9 Å². The second-order valence-corrected chi connectivity index (χ2v) is 27.0. The van der Waals surface area contributed by atoms with Crippen molar-refractivity contribution in [2.75, 3.05) is 9.80 Å². The Morgan fingerprint density at radius 1 is 0.227 bits per heavy atom. The van der Waals surface area contributed by atoms with Gasteiger partial charge in [-0.05, 0) is 234 Å². The molecule has 0 aliphatic heterocycles. The molecule has 2 unspecified atom stereocenters. The maximum absolute atomic E-state index is 4.17. The molecule has 0 N–H and O–H groups in total. The van der Waals surface area contributed by atoms with E-state index >= 15 is 0 Å². The van der Waals surface area contributed by atoms with Gasteiger partial charge in [-0.3, -0.25) is 0 Å². The van der Waals surface area contributed by atoms with Crippen molar-refractivity contribution >= 4 is 46.3 Å². The third-order valence-electron chi connectivity index (χ3n) is 21.9. The highest BCUT2D eigenvalue weighted by Gasteiger charge is 2.53. The predicted molar refractivity (Wildman–Crippen MR) is 406 cm³/mol. The Labute approximate surface area is 569 Å². The van der Waals surface area contributed by atoms with Gasteiger partial charge in [0.25, 0.3) is 0 Å². The topological polar surface area (TPSA) is 6.48 Å². The van der Waals surface area contributed by atoms with Crippen LogP contribution in [0.3, 0.4) is 0 Å². The number of anilines is 6. The molecule has 0 saturated heterocycles. The Hall–Kier alpha value is -11.8. The molecule has 0 saturated carbocycles. The maximum atomic E-state index is 4.17. The van der Waals surface area contributed by atoms with Gasteiger partial charge < -0.3 is 9.80 Å². The van der Waals surface area contributed by atoms with E-state index in [4.69, 9.17) is 0 Å². The van der Waals surface area contributed by atoms with E-state index in [0.717, 1.165) is 45.3 Å². The van der Waals surface area contributed by atoms with E-state index in [0.29, 0.717) is 0 Å². The second kappa shape index (κ2) is 22.1. The van der Waals surface area contributed by atoms with E-state index < -0.39 is 16.2 Å². The Morgan fingerprint density at radius 3 is 0.825 bits per heavy atom. The van der Waals surface area contributed by atoms with E-state index in [9.17, 15) is 0 Å². The van der Waals surface area contributed by atoms with Crippen molar-refractivity contribution < 1.29 is 0 Å². The molecule has 4 aliphatic carbocycles. The number of benzene rings is 14. The number of hydrogen-bond donors (Lipinski definition) is 0. The standard InChI is InChI=1S/C95H70N2/c1-7-65-39-43-67(44-40-65)93(87-55-61(3)35-37-63(87)5)83-31-19-15-27-75(83)79-51-47-71(57-89(79)93)96(69-23-11-9-12-24-69)73-49-53-81-77-29-17-21-33-85(77)95(91(81)59-73)86-34-22-18-30-78(86)82-54-50-74(60-92(82)95)97(70-25-13-10-14-26-70)72-48-52-80-76-28-16-20-32-84(76)94(90(80)58-72,68-45-41-66(8-2)42-46-68)88-56-62(4)36-38-64(88)6/h7-60H,1-2H2,3-6H3. The third kappa shape index (κ3) is 8.27. The summed E-state index contributed by atoms with van der Waals surface area (Å²) in [5, 5.41) is 0.